The van der Waals surface area contributed by atoms with Crippen LogP contribution in [0.5, 0.6) is 5.75 Å². The van der Waals surface area contributed by atoms with Crippen molar-refractivity contribution in [2.24, 2.45) is 5.92 Å². The van der Waals surface area contributed by atoms with Crippen molar-refractivity contribution in [1.29, 1.82) is 0 Å². The quantitative estimate of drug-likeness (QED) is 0.595. The minimum absolute atomic E-state index is 0. The molecule has 20 heavy (non-hydrogen) atoms. The molecule has 1 aromatic carbocycles. The van der Waals surface area contributed by atoms with Gasteiger partial charge in [-0.25, -0.2) is 0 Å². The number of benzene rings is 1. The van der Waals surface area contributed by atoms with Crippen LogP contribution in [0.15, 0.2) is 24.3 Å². The highest BCUT2D eigenvalue weighted by molar-refractivity contribution is 6.67. The van der Waals surface area contributed by atoms with E-state index in [4.69, 9.17) is 16.3 Å². The summed E-state index contributed by atoms with van der Waals surface area (Å²) in [7, 11) is 0. The van der Waals surface area contributed by atoms with Crippen LogP contribution in [0.1, 0.15) is 29.6 Å². The molecule has 0 aromatic heterocycles. The van der Waals surface area contributed by atoms with Crippen molar-refractivity contribution in [2.75, 3.05) is 19.7 Å². The summed E-state index contributed by atoms with van der Waals surface area (Å²) < 4.78 is 5.67. The minimum atomic E-state index is -0.431. The maximum atomic E-state index is 10.9. The highest BCUT2D eigenvalue weighted by atomic mass is 35.5. The number of likely N-dealkylation sites (tertiary alicyclic amines) is 1. The zero-order valence-electron chi connectivity index (χ0n) is 11.3. The Morgan fingerprint density at radius 1 is 1.35 bits per heavy atom. The molecule has 3 rings (SSSR count). The van der Waals surface area contributed by atoms with Gasteiger partial charge in [-0.05, 0) is 67.6 Å². The van der Waals surface area contributed by atoms with Crippen molar-refractivity contribution in [2.45, 2.75) is 25.3 Å². The number of carbonyl (C=O) groups is 1. The van der Waals surface area contributed by atoms with E-state index in [-0.39, 0.29) is 12.4 Å². The molecule has 2 fully saturated rings. The zero-order valence-corrected chi connectivity index (χ0v) is 12.8. The summed E-state index contributed by atoms with van der Waals surface area (Å²) in [5, 5.41) is -0.431. The van der Waals surface area contributed by atoms with Crippen LogP contribution in [-0.2, 0) is 0 Å². The third-order valence-corrected chi connectivity index (χ3v) is 4.30. The van der Waals surface area contributed by atoms with Crippen LogP contribution in [0.2, 0.25) is 0 Å². The summed E-state index contributed by atoms with van der Waals surface area (Å²) >= 11 is 5.39. The number of halogens is 2. The van der Waals surface area contributed by atoms with Crippen LogP contribution < -0.4 is 4.74 Å². The summed E-state index contributed by atoms with van der Waals surface area (Å²) in [5.74, 6) is 1.80. The SMILES string of the molecule is Cl.O=C(Cl)c1ccc(OCCCN2CCC3CC32)cc1. The van der Waals surface area contributed by atoms with Crippen LogP contribution in [0, 0.1) is 5.92 Å². The Balaban J connectivity index is 0.00000147. The summed E-state index contributed by atoms with van der Waals surface area (Å²) in [4.78, 5) is 13.5. The minimum Gasteiger partial charge on any atom is -0.494 e. The monoisotopic (exact) mass is 315 g/mol. The van der Waals surface area contributed by atoms with Gasteiger partial charge in [-0.1, -0.05) is 0 Å². The van der Waals surface area contributed by atoms with Crippen LogP contribution in [0.4, 0.5) is 0 Å². The molecule has 110 valence electrons. The number of piperidine rings is 1. The lowest BCUT2D eigenvalue weighted by atomic mass is 10.2. The van der Waals surface area contributed by atoms with Crippen molar-refractivity contribution in [3.05, 3.63) is 29.8 Å². The molecule has 1 saturated carbocycles. The van der Waals surface area contributed by atoms with Gasteiger partial charge in [0.2, 0.25) is 0 Å². The molecule has 1 saturated heterocycles. The molecule has 0 N–H and O–H groups in total. The average Bonchev–Trinajstić information content (AvgIpc) is 3.09. The topological polar surface area (TPSA) is 29.5 Å². The number of hydrogen-bond donors (Lipinski definition) is 0. The predicted octanol–water partition coefficient (Wildman–Crippen LogP) is 3.35. The fourth-order valence-corrected chi connectivity index (χ4v) is 3.03. The number of fused-ring (bicyclic) bond motifs is 1. The second kappa shape index (κ2) is 6.79. The molecular weight excluding hydrogens is 297 g/mol. The van der Waals surface area contributed by atoms with Gasteiger partial charge in [0.15, 0.2) is 0 Å². The van der Waals surface area contributed by atoms with E-state index in [1.807, 2.05) is 0 Å². The Bertz CT molecular complexity index is 463. The molecule has 1 aliphatic carbocycles. The first-order valence-electron chi connectivity index (χ1n) is 6.91. The Labute approximate surface area is 130 Å². The summed E-state index contributed by atoms with van der Waals surface area (Å²) in [6.07, 6.45) is 3.85. The van der Waals surface area contributed by atoms with E-state index >= 15 is 0 Å². The molecule has 2 aliphatic rings. The number of nitrogens with zero attached hydrogens (tertiary/aromatic N) is 1. The second-order valence-corrected chi connectivity index (χ2v) is 5.73. The fraction of sp³-hybridized carbons (Fsp3) is 0.533. The highest BCUT2D eigenvalue weighted by Gasteiger charge is 2.46. The lowest BCUT2D eigenvalue weighted by Crippen LogP contribution is -2.25. The summed E-state index contributed by atoms with van der Waals surface area (Å²) in [6.45, 7) is 3.13. The van der Waals surface area contributed by atoms with Gasteiger partial charge in [-0.2, -0.15) is 0 Å². The van der Waals surface area contributed by atoms with Crippen molar-refractivity contribution in [1.82, 2.24) is 4.90 Å². The van der Waals surface area contributed by atoms with Crippen LogP contribution in [-0.4, -0.2) is 35.9 Å². The molecule has 2 unspecified atom stereocenters. The van der Waals surface area contributed by atoms with Gasteiger partial charge in [-0.15, -0.1) is 12.4 Å². The molecule has 3 nitrogen and oxygen atoms in total. The van der Waals surface area contributed by atoms with Crippen molar-refractivity contribution >= 4 is 29.3 Å². The van der Waals surface area contributed by atoms with Gasteiger partial charge in [0.25, 0.3) is 5.24 Å². The number of rotatable bonds is 6. The second-order valence-electron chi connectivity index (χ2n) is 5.39. The Morgan fingerprint density at radius 2 is 2.10 bits per heavy atom. The van der Waals surface area contributed by atoms with Gasteiger partial charge in [0.1, 0.15) is 5.75 Å². The number of ether oxygens (including phenoxy) is 1. The van der Waals surface area contributed by atoms with Gasteiger partial charge in [-0.3, -0.25) is 9.69 Å². The van der Waals surface area contributed by atoms with Crippen molar-refractivity contribution in [3.63, 3.8) is 0 Å². The third-order valence-electron chi connectivity index (χ3n) is 4.08. The molecule has 0 spiro atoms. The average molecular weight is 316 g/mol. The fourth-order valence-electron chi connectivity index (χ4n) is 2.90. The van der Waals surface area contributed by atoms with Crippen molar-refractivity contribution in [3.8, 4) is 5.75 Å². The maximum absolute atomic E-state index is 10.9. The molecule has 0 amide bonds. The van der Waals surface area contributed by atoms with E-state index in [0.717, 1.165) is 37.3 Å². The smallest absolute Gasteiger partial charge is 0.252 e. The molecule has 0 radical (unpaired) electrons. The number of carbonyl (C=O) groups excluding carboxylic acids is 1. The Kier molecular flexibility index (Phi) is 5.30. The zero-order chi connectivity index (χ0) is 13.2. The van der Waals surface area contributed by atoms with Gasteiger partial charge >= 0.3 is 0 Å². The molecule has 2 atom stereocenters. The molecule has 0 bridgehead atoms. The van der Waals surface area contributed by atoms with E-state index in [1.54, 1.807) is 24.3 Å². The molecule has 5 heteroatoms. The number of hydrogen-bond acceptors (Lipinski definition) is 3. The van der Waals surface area contributed by atoms with E-state index in [9.17, 15) is 4.79 Å². The predicted molar refractivity (Wildman–Crippen MR) is 82.1 cm³/mol. The first kappa shape index (κ1) is 15.6. The Morgan fingerprint density at radius 3 is 2.65 bits per heavy atom. The van der Waals surface area contributed by atoms with Crippen LogP contribution in [0.25, 0.3) is 0 Å². The molecular formula is C15H19Cl2NO2. The largest absolute Gasteiger partial charge is 0.494 e. The lowest BCUT2D eigenvalue weighted by molar-refractivity contribution is 0.108. The molecule has 1 aliphatic heterocycles. The summed E-state index contributed by atoms with van der Waals surface area (Å²) in [6, 6.07) is 7.86. The standard InChI is InChI=1S/C15H18ClNO2.ClH/c16-15(18)11-2-4-13(5-3-11)19-9-1-7-17-8-6-12-10-14(12)17;/h2-5,12,14H,1,6-10H2;1H. The third kappa shape index (κ3) is 3.66. The van der Waals surface area contributed by atoms with Gasteiger partial charge in [0.05, 0.1) is 6.61 Å². The van der Waals surface area contributed by atoms with Crippen LogP contribution in [0.3, 0.4) is 0 Å². The normalized spacial score (nSPS) is 23.9. The Hall–Kier alpha value is -0.770. The van der Waals surface area contributed by atoms with E-state index < -0.39 is 5.24 Å². The van der Waals surface area contributed by atoms with E-state index in [0.29, 0.717) is 5.56 Å². The highest BCUT2D eigenvalue weighted by Crippen LogP contribution is 2.44. The van der Waals surface area contributed by atoms with E-state index in [2.05, 4.69) is 4.90 Å². The lowest BCUT2D eigenvalue weighted by Gasteiger charge is -2.17. The van der Waals surface area contributed by atoms with Gasteiger partial charge < -0.3 is 4.74 Å². The van der Waals surface area contributed by atoms with Crippen molar-refractivity contribution < 1.29 is 9.53 Å². The maximum Gasteiger partial charge on any atom is 0.252 e. The first-order chi connectivity index (χ1) is 9.24. The first-order valence-corrected chi connectivity index (χ1v) is 7.28. The van der Waals surface area contributed by atoms with E-state index in [1.165, 1.54) is 19.4 Å². The molecule has 1 heterocycles. The molecule has 1 aromatic rings. The van der Waals surface area contributed by atoms with Crippen LogP contribution >= 0.6 is 24.0 Å². The van der Waals surface area contributed by atoms with Gasteiger partial charge in [0, 0.05) is 18.2 Å². The summed E-state index contributed by atoms with van der Waals surface area (Å²) in [5.41, 5.74) is 0.505.